The molecular formula is C22H22F3NO3S. The highest BCUT2D eigenvalue weighted by molar-refractivity contribution is 8.00. The van der Waals surface area contributed by atoms with Crippen molar-refractivity contribution in [3.63, 3.8) is 0 Å². The van der Waals surface area contributed by atoms with Crippen LogP contribution in [0.25, 0.3) is 0 Å². The maximum absolute atomic E-state index is 12.8. The van der Waals surface area contributed by atoms with Gasteiger partial charge in [-0.2, -0.15) is 24.9 Å². The van der Waals surface area contributed by atoms with Crippen LogP contribution in [0.15, 0.2) is 48.5 Å². The minimum Gasteiger partial charge on any atom is -0.490 e. The Bertz CT molecular complexity index is 905. The number of hydrogen-bond acceptors (Lipinski definition) is 4. The zero-order chi connectivity index (χ0) is 21.4. The van der Waals surface area contributed by atoms with E-state index in [0.717, 1.165) is 17.7 Å². The molecule has 2 aromatic carbocycles. The molecule has 0 aliphatic carbocycles. The van der Waals surface area contributed by atoms with Crippen molar-refractivity contribution < 1.29 is 27.8 Å². The SMILES string of the molecule is O=C(c1ccc(C2(O)CSC2)cc1)N1CCC(Oc2cccc(C(F)(F)F)c2)CC1. The lowest BCUT2D eigenvalue weighted by Crippen LogP contribution is -2.42. The number of alkyl halides is 3. The summed E-state index contributed by atoms with van der Waals surface area (Å²) in [6.45, 7) is 0.954. The topological polar surface area (TPSA) is 49.8 Å². The predicted octanol–water partition coefficient (Wildman–Crippen LogP) is 4.32. The van der Waals surface area contributed by atoms with Crippen LogP contribution in [-0.2, 0) is 11.8 Å². The molecule has 0 atom stereocenters. The fourth-order valence-electron chi connectivity index (χ4n) is 3.68. The molecule has 30 heavy (non-hydrogen) atoms. The molecule has 2 saturated heterocycles. The molecule has 2 aliphatic rings. The number of rotatable bonds is 4. The summed E-state index contributed by atoms with van der Waals surface area (Å²) >= 11 is 1.68. The number of ether oxygens (including phenoxy) is 1. The maximum atomic E-state index is 12.8. The Hall–Kier alpha value is -2.19. The largest absolute Gasteiger partial charge is 0.490 e. The molecule has 0 aromatic heterocycles. The summed E-state index contributed by atoms with van der Waals surface area (Å²) in [4.78, 5) is 14.5. The summed E-state index contributed by atoms with van der Waals surface area (Å²) in [7, 11) is 0. The van der Waals surface area contributed by atoms with Crippen molar-refractivity contribution >= 4 is 17.7 Å². The van der Waals surface area contributed by atoms with E-state index in [2.05, 4.69) is 0 Å². The summed E-state index contributed by atoms with van der Waals surface area (Å²) in [6.07, 6.45) is -3.53. The average Bonchev–Trinajstić information content (AvgIpc) is 2.72. The van der Waals surface area contributed by atoms with Crippen molar-refractivity contribution in [3.8, 4) is 5.75 Å². The Morgan fingerprint density at radius 1 is 1.10 bits per heavy atom. The van der Waals surface area contributed by atoms with Gasteiger partial charge in [-0.05, 0) is 35.9 Å². The lowest BCUT2D eigenvalue weighted by molar-refractivity contribution is -0.137. The van der Waals surface area contributed by atoms with Crippen LogP contribution >= 0.6 is 11.8 Å². The van der Waals surface area contributed by atoms with Gasteiger partial charge < -0.3 is 14.7 Å². The molecular weight excluding hydrogens is 415 g/mol. The molecule has 4 rings (SSSR count). The van der Waals surface area contributed by atoms with Crippen LogP contribution in [0.1, 0.15) is 34.3 Å². The molecule has 4 nitrogen and oxygen atoms in total. The minimum absolute atomic E-state index is 0.0888. The number of piperidine rings is 1. The maximum Gasteiger partial charge on any atom is 0.416 e. The quantitative estimate of drug-likeness (QED) is 0.774. The normalized spacial score (nSPS) is 19.3. The first-order valence-electron chi connectivity index (χ1n) is 9.78. The number of likely N-dealkylation sites (tertiary alicyclic amines) is 1. The molecule has 0 radical (unpaired) electrons. The van der Waals surface area contributed by atoms with Gasteiger partial charge in [0.2, 0.25) is 0 Å². The summed E-state index contributed by atoms with van der Waals surface area (Å²) < 4.78 is 44.3. The smallest absolute Gasteiger partial charge is 0.416 e. The molecule has 0 spiro atoms. The van der Waals surface area contributed by atoms with E-state index in [-0.39, 0.29) is 17.8 Å². The second-order valence-corrected chi connectivity index (χ2v) is 8.72. The van der Waals surface area contributed by atoms with Crippen LogP contribution in [-0.4, -0.2) is 46.6 Å². The van der Waals surface area contributed by atoms with Crippen LogP contribution in [0.3, 0.4) is 0 Å². The second kappa shape index (κ2) is 8.15. The highest BCUT2D eigenvalue weighted by Gasteiger charge is 2.37. The molecule has 8 heteroatoms. The van der Waals surface area contributed by atoms with Crippen molar-refractivity contribution in [2.45, 2.75) is 30.7 Å². The van der Waals surface area contributed by atoms with Gasteiger partial charge in [-0.15, -0.1) is 0 Å². The number of amides is 1. The van der Waals surface area contributed by atoms with E-state index in [1.807, 2.05) is 0 Å². The van der Waals surface area contributed by atoms with Gasteiger partial charge in [0.25, 0.3) is 5.91 Å². The number of thioether (sulfide) groups is 1. The van der Waals surface area contributed by atoms with E-state index in [4.69, 9.17) is 4.74 Å². The summed E-state index contributed by atoms with van der Waals surface area (Å²) in [5, 5.41) is 10.4. The summed E-state index contributed by atoms with van der Waals surface area (Å²) in [5.41, 5.74) is -0.135. The van der Waals surface area contributed by atoms with E-state index >= 15 is 0 Å². The highest BCUT2D eigenvalue weighted by atomic mass is 32.2. The Kier molecular flexibility index (Phi) is 5.72. The lowest BCUT2D eigenvalue weighted by atomic mass is 9.95. The number of nitrogens with zero attached hydrogens (tertiary/aromatic N) is 1. The van der Waals surface area contributed by atoms with Crippen molar-refractivity contribution in [1.82, 2.24) is 4.90 Å². The van der Waals surface area contributed by atoms with Crippen LogP contribution in [0, 0.1) is 0 Å². The van der Waals surface area contributed by atoms with Gasteiger partial charge >= 0.3 is 6.18 Å². The molecule has 1 amide bonds. The molecule has 2 aromatic rings. The van der Waals surface area contributed by atoms with Gasteiger partial charge in [0.15, 0.2) is 0 Å². The number of halogens is 3. The fourth-order valence-corrected chi connectivity index (χ4v) is 4.61. The van der Waals surface area contributed by atoms with Gasteiger partial charge in [0.05, 0.1) is 5.56 Å². The molecule has 0 unspecified atom stereocenters. The standard InChI is InChI=1S/C22H22F3NO3S/c23-22(24,25)17-2-1-3-19(12-17)29-18-8-10-26(11-9-18)20(27)15-4-6-16(7-5-15)21(28)13-30-14-21/h1-7,12,18,28H,8-11,13-14H2. The van der Waals surface area contributed by atoms with Crippen molar-refractivity contribution in [2.24, 2.45) is 0 Å². The number of carbonyl (C=O) groups is 1. The molecule has 2 aliphatic heterocycles. The van der Waals surface area contributed by atoms with E-state index in [1.54, 1.807) is 40.9 Å². The number of aliphatic hydroxyl groups is 1. The van der Waals surface area contributed by atoms with Gasteiger partial charge in [-0.1, -0.05) is 18.2 Å². The average molecular weight is 437 g/mol. The lowest BCUT2D eigenvalue weighted by Gasteiger charge is -2.36. The Morgan fingerprint density at radius 3 is 2.33 bits per heavy atom. The van der Waals surface area contributed by atoms with E-state index < -0.39 is 17.3 Å². The first kappa shape index (κ1) is 21.1. The van der Waals surface area contributed by atoms with E-state index in [1.165, 1.54) is 12.1 Å². The molecule has 2 heterocycles. The summed E-state index contributed by atoms with van der Waals surface area (Å²) in [6, 6.07) is 12.0. The van der Waals surface area contributed by atoms with Crippen molar-refractivity contribution in [2.75, 3.05) is 24.6 Å². The Balaban J connectivity index is 1.32. The van der Waals surface area contributed by atoms with Gasteiger partial charge in [0.1, 0.15) is 17.5 Å². The number of carbonyl (C=O) groups excluding carboxylic acids is 1. The first-order valence-corrected chi connectivity index (χ1v) is 10.9. The molecule has 160 valence electrons. The Morgan fingerprint density at radius 2 is 1.77 bits per heavy atom. The third-order valence-corrected chi connectivity index (χ3v) is 6.91. The third kappa shape index (κ3) is 4.44. The van der Waals surface area contributed by atoms with Crippen molar-refractivity contribution in [3.05, 3.63) is 65.2 Å². The fraction of sp³-hybridized carbons (Fsp3) is 0.409. The first-order chi connectivity index (χ1) is 14.2. The van der Waals surface area contributed by atoms with Gasteiger partial charge in [0, 0.05) is 43.0 Å². The van der Waals surface area contributed by atoms with Gasteiger partial charge in [-0.3, -0.25) is 4.79 Å². The minimum atomic E-state index is -4.40. The van der Waals surface area contributed by atoms with Crippen LogP contribution in [0.2, 0.25) is 0 Å². The zero-order valence-electron chi connectivity index (χ0n) is 16.2. The van der Waals surface area contributed by atoms with Crippen molar-refractivity contribution in [1.29, 1.82) is 0 Å². The number of hydrogen-bond donors (Lipinski definition) is 1. The van der Waals surface area contributed by atoms with Crippen LogP contribution < -0.4 is 4.74 Å². The predicted molar refractivity (Wildman–Crippen MR) is 109 cm³/mol. The molecule has 2 fully saturated rings. The Labute approximate surface area is 177 Å². The second-order valence-electron chi connectivity index (χ2n) is 7.74. The van der Waals surface area contributed by atoms with Crippen LogP contribution in [0.5, 0.6) is 5.75 Å². The van der Waals surface area contributed by atoms with Gasteiger partial charge in [-0.25, -0.2) is 0 Å². The number of benzene rings is 2. The third-order valence-electron chi connectivity index (χ3n) is 5.54. The zero-order valence-corrected chi connectivity index (χ0v) is 17.0. The summed E-state index contributed by atoms with van der Waals surface area (Å²) in [5.74, 6) is 1.44. The molecule has 0 saturated carbocycles. The molecule has 1 N–H and O–H groups in total. The van der Waals surface area contributed by atoms with Crippen LogP contribution in [0.4, 0.5) is 13.2 Å². The van der Waals surface area contributed by atoms with E-state index in [0.29, 0.717) is 43.0 Å². The molecule has 0 bridgehead atoms. The van der Waals surface area contributed by atoms with E-state index in [9.17, 15) is 23.1 Å². The monoisotopic (exact) mass is 437 g/mol. The highest BCUT2D eigenvalue weighted by Crippen LogP contribution is 2.38.